The summed E-state index contributed by atoms with van der Waals surface area (Å²) in [4.78, 5) is 22.7. The third-order valence-electron chi connectivity index (χ3n) is 3.67. The Morgan fingerprint density at radius 3 is 2.42 bits per heavy atom. The van der Waals surface area contributed by atoms with Crippen molar-refractivity contribution in [3.8, 4) is 0 Å². The molecule has 1 aromatic carbocycles. The van der Waals surface area contributed by atoms with Gasteiger partial charge in [-0.1, -0.05) is 12.8 Å². The molecule has 0 spiro atoms. The van der Waals surface area contributed by atoms with Crippen LogP contribution in [0.15, 0.2) is 29.2 Å². The van der Waals surface area contributed by atoms with Crippen LogP contribution in [0.25, 0.3) is 0 Å². The maximum atomic E-state index is 12.8. The predicted octanol–water partition coefficient (Wildman–Crippen LogP) is 0.864. The molecule has 0 heterocycles. The molecule has 1 aromatic rings. The van der Waals surface area contributed by atoms with Crippen LogP contribution in [0, 0.1) is 11.7 Å². The van der Waals surface area contributed by atoms with Crippen molar-refractivity contribution in [1.82, 2.24) is 10.0 Å². The van der Waals surface area contributed by atoms with Crippen molar-refractivity contribution in [1.29, 1.82) is 0 Å². The molecule has 2 rings (SSSR count). The Kier molecular flexibility index (Phi) is 5.89. The Bertz CT molecular complexity index is 701. The van der Waals surface area contributed by atoms with E-state index in [0.717, 1.165) is 37.1 Å². The molecule has 0 radical (unpaired) electrons. The SMILES string of the molecule is O=C(CCNS(=O)(=O)c1ccc(F)cc1)NC(CC1CC1)C(=O)O. The standard InChI is InChI=1S/C15H19FN2O5S/c16-11-3-5-12(6-4-11)24(22,23)17-8-7-14(19)18-13(15(20)21)9-10-1-2-10/h3-6,10,13,17H,1-2,7-9H2,(H,18,19)(H,20,21). The topological polar surface area (TPSA) is 113 Å². The lowest BCUT2D eigenvalue weighted by atomic mass is 10.1. The van der Waals surface area contributed by atoms with E-state index in [2.05, 4.69) is 10.0 Å². The fraction of sp³-hybridized carbons (Fsp3) is 0.467. The van der Waals surface area contributed by atoms with Gasteiger partial charge in [0.2, 0.25) is 15.9 Å². The summed E-state index contributed by atoms with van der Waals surface area (Å²) in [5, 5.41) is 11.5. The highest BCUT2D eigenvalue weighted by molar-refractivity contribution is 7.89. The van der Waals surface area contributed by atoms with E-state index in [1.165, 1.54) is 0 Å². The summed E-state index contributed by atoms with van der Waals surface area (Å²) in [6, 6.07) is 3.34. The van der Waals surface area contributed by atoms with Crippen molar-refractivity contribution in [2.45, 2.75) is 36.6 Å². The number of halogens is 1. The highest BCUT2D eigenvalue weighted by atomic mass is 32.2. The number of carboxylic acid groups (broad SMARTS) is 1. The van der Waals surface area contributed by atoms with Gasteiger partial charge in [0.25, 0.3) is 0 Å². The lowest BCUT2D eigenvalue weighted by Crippen LogP contribution is -2.42. The molecule has 3 N–H and O–H groups in total. The molecule has 1 unspecified atom stereocenters. The molecule has 9 heteroatoms. The summed E-state index contributed by atoms with van der Waals surface area (Å²) in [5.74, 6) is -1.85. The van der Waals surface area contributed by atoms with E-state index < -0.39 is 33.8 Å². The van der Waals surface area contributed by atoms with E-state index >= 15 is 0 Å². The van der Waals surface area contributed by atoms with Crippen LogP contribution in [0.1, 0.15) is 25.7 Å². The Hall–Kier alpha value is -2.00. The van der Waals surface area contributed by atoms with Gasteiger partial charge in [-0.15, -0.1) is 0 Å². The number of hydrogen-bond acceptors (Lipinski definition) is 4. The lowest BCUT2D eigenvalue weighted by molar-refractivity contribution is -0.142. The summed E-state index contributed by atoms with van der Waals surface area (Å²) < 4.78 is 38.9. The summed E-state index contributed by atoms with van der Waals surface area (Å²) in [5.41, 5.74) is 0. The highest BCUT2D eigenvalue weighted by Crippen LogP contribution is 2.33. The first-order valence-corrected chi connectivity index (χ1v) is 9.03. The van der Waals surface area contributed by atoms with Crippen LogP contribution in [0.3, 0.4) is 0 Å². The first-order valence-electron chi connectivity index (χ1n) is 7.55. The molecule has 24 heavy (non-hydrogen) atoms. The van der Waals surface area contributed by atoms with Crippen molar-refractivity contribution >= 4 is 21.9 Å². The van der Waals surface area contributed by atoms with Crippen LogP contribution in [-0.2, 0) is 19.6 Å². The molecular weight excluding hydrogens is 339 g/mol. The molecule has 1 aliphatic rings. The molecule has 0 saturated heterocycles. The second-order valence-corrected chi connectivity index (χ2v) is 7.51. The summed E-state index contributed by atoms with van der Waals surface area (Å²) in [6.45, 7) is -0.179. The molecule has 1 fully saturated rings. The largest absolute Gasteiger partial charge is 0.480 e. The number of benzene rings is 1. The molecule has 0 aliphatic heterocycles. The van der Waals surface area contributed by atoms with Crippen molar-refractivity contribution in [2.24, 2.45) is 5.92 Å². The first-order chi connectivity index (χ1) is 11.3. The van der Waals surface area contributed by atoms with Gasteiger partial charge in [-0.2, -0.15) is 0 Å². The number of aliphatic carboxylic acids is 1. The molecule has 132 valence electrons. The van der Waals surface area contributed by atoms with Crippen LogP contribution in [0.4, 0.5) is 4.39 Å². The number of sulfonamides is 1. The van der Waals surface area contributed by atoms with Gasteiger partial charge < -0.3 is 10.4 Å². The number of carboxylic acids is 1. The maximum Gasteiger partial charge on any atom is 0.326 e. The molecule has 1 aliphatic carbocycles. The van der Waals surface area contributed by atoms with Crippen LogP contribution in [0.5, 0.6) is 0 Å². The molecule has 0 aromatic heterocycles. The Balaban J connectivity index is 1.80. The van der Waals surface area contributed by atoms with E-state index in [1.807, 2.05) is 0 Å². The molecule has 1 amide bonds. The summed E-state index contributed by atoms with van der Waals surface area (Å²) in [7, 11) is -3.84. The minimum absolute atomic E-state index is 0.110. The number of nitrogens with one attached hydrogen (secondary N) is 2. The minimum atomic E-state index is -3.84. The van der Waals surface area contributed by atoms with Gasteiger partial charge in [0.1, 0.15) is 11.9 Å². The van der Waals surface area contributed by atoms with Crippen LogP contribution in [0.2, 0.25) is 0 Å². The fourth-order valence-corrected chi connectivity index (χ4v) is 3.20. The van der Waals surface area contributed by atoms with E-state index in [0.29, 0.717) is 12.3 Å². The number of amides is 1. The molecule has 1 atom stereocenters. The average Bonchev–Trinajstić information content (AvgIpc) is 3.30. The van der Waals surface area contributed by atoms with Gasteiger partial charge in [0.15, 0.2) is 0 Å². The summed E-state index contributed by atoms with van der Waals surface area (Å²) >= 11 is 0. The van der Waals surface area contributed by atoms with Gasteiger partial charge in [-0.05, 0) is 36.6 Å². The quantitative estimate of drug-likeness (QED) is 0.606. The zero-order valence-corrected chi connectivity index (χ0v) is 13.7. The Morgan fingerprint density at radius 2 is 1.88 bits per heavy atom. The van der Waals surface area contributed by atoms with Crippen LogP contribution in [-0.4, -0.2) is 38.0 Å². The maximum absolute atomic E-state index is 12.8. The average molecular weight is 358 g/mol. The van der Waals surface area contributed by atoms with Gasteiger partial charge in [0, 0.05) is 13.0 Å². The highest BCUT2D eigenvalue weighted by Gasteiger charge is 2.30. The lowest BCUT2D eigenvalue weighted by Gasteiger charge is -2.14. The van der Waals surface area contributed by atoms with E-state index in [9.17, 15) is 22.4 Å². The van der Waals surface area contributed by atoms with E-state index in [-0.39, 0.29) is 17.9 Å². The number of carbonyl (C=O) groups excluding carboxylic acids is 1. The first kappa shape index (κ1) is 18.3. The molecule has 1 saturated carbocycles. The minimum Gasteiger partial charge on any atom is -0.480 e. The second kappa shape index (κ2) is 7.71. The molecular formula is C15H19FN2O5S. The Morgan fingerprint density at radius 1 is 1.25 bits per heavy atom. The normalized spacial score (nSPS) is 15.7. The van der Waals surface area contributed by atoms with Crippen LogP contribution >= 0.6 is 0 Å². The number of carbonyl (C=O) groups is 2. The zero-order chi connectivity index (χ0) is 17.7. The monoisotopic (exact) mass is 358 g/mol. The van der Waals surface area contributed by atoms with Gasteiger partial charge in [-0.25, -0.2) is 22.3 Å². The number of hydrogen-bond donors (Lipinski definition) is 3. The number of rotatable bonds is 9. The van der Waals surface area contributed by atoms with Crippen molar-refractivity contribution in [3.05, 3.63) is 30.1 Å². The van der Waals surface area contributed by atoms with Crippen LogP contribution < -0.4 is 10.0 Å². The smallest absolute Gasteiger partial charge is 0.326 e. The second-order valence-electron chi connectivity index (χ2n) is 5.74. The van der Waals surface area contributed by atoms with E-state index in [4.69, 9.17) is 5.11 Å². The van der Waals surface area contributed by atoms with Gasteiger partial charge in [-0.3, -0.25) is 4.79 Å². The fourth-order valence-electron chi connectivity index (χ4n) is 2.17. The third-order valence-corrected chi connectivity index (χ3v) is 5.14. The van der Waals surface area contributed by atoms with Gasteiger partial charge >= 0.3 is 5.97 Å². The molecule has 0 bridgehead atoms. The van der Waals surface area contributed by atoms with Gasteiger partial charge in [0.05, 0.1) is 4.90 Å². The van der Waals surface area contributed by atoms with Crippen molar-refractivity contribution in [3.63, 3.8) is 0 Å². The zero-order valence-electron chi connectivity index (χ0n) is 12.9. The predicted molar refractivity (Wildman–Crippen MR) is 83.1 cm³/mol. The summed E-state index contributed by atoms with van der Waals surface area (Å²) in [6.07, 6.45) is 2.14. The molecule has 7 nitrogen and oxygen atoms in total. The Labute approximate surface area is 139 Å². The third kappa shape index (κ3) is 5.57. The van der Waals surface area contributed by atoms with Crippen molar-refractivity contribution < 1.29 is 27.5 Å². The van der Waals surface area contributed by atoms with Crippen molar-refractivity contribution in [2.75, 3.05) is 6.54 Å². The van der Waals surface area contributed by atoms with E-state index in [1.54, 1.807) is 0 Å².